The molecule has 0 amide bonds. The van der Waals surface area contributed by atoms with Crippen molar-refractivity contribution >= 4 is 22.5 Å². The molecule has 0 saturated carbocycles. The Balaban J connectivity index is 0.00000167. The van der Waals surface area contributed by atoms with Crippen LogP contribution in [0.3, 0.4) is 0 Å². The Labute approximate surface area is 210 Å². The highest BCUT2D eigenvalue weighted by atomic mass is 15.1. The molecule has 0 aromatic heterocycles. The van der Waals surface area contributed by atoms with E-state index in [9.17, 15) is 0 Å². The normalized spacial score (nSPS) is 13.0. The minimum atomic E-state index is 0.516. The molecule has 1 aliphatic carbocycles. The number of benzene rings is 3. The van der Waals surface area contributed by atoms with Crippen LogP contribution >= 0.6 is 0 Å². The SMILES string of the molecule is CC.CN(C)c1ccc(C(=CC=CC(=C2C=CC(=N)C=C2)c2ccccc2)c2ccccc2)cc1. The van der Waals surface area contributed by atoms with Crippen LogP contribution in [0.15, 0.2) is 133 Å². The molecule has 0 spiro atoms. The molecule has 0 radical (unpaired) electrons. The third-order valence-corrected chi connectivity index (χ3v) is 5.59. The highest BCUT2D eigenvalue weighted by molar-refractivity contribution is 6.04. The van der Waals surface area contributed by atoms with Crippen molar-refractivity contribution in [1.29, 1.82) is 5.41 Å². The number of hydrogen-bond donors (Lipinski definition) is 1. The van der Waals surface area contributed by atoms with Gasteiger partial charge < -0.3 is 10.3 Å². The molecule has 1 N–H and O–H groups in total. The van der Waals surface area contributed by atoms with Gasteiger partial charge in [0.05, 0.1) is 5.71 Å². The average Bonchev–Trinajstić information content (AvgIpc) is 2.92. The van der Waals surface area contributed by atoms with E-state index in [4.69, 9.17) is 5.41 Å². The zero-order chi connectivity index (χ0) is 25.0. The molecule has 3 aromatic carbocycles. The summed E-state index contributed by atoms with van der Waals surface area (Å²) in [5.41, 5.74) is 8.60. The van der Waals surface area contributed by atoms with Crippen LogP contribution in [0.25, 0.3) is 11.1 Å². The number of anilines is 1. The Morgan fingerprint density at radius 1 is 0.657 bits per heavy atom. The molecule has 0 saturated heterocycles. The van der Waals surface area contributed by atoms with Crippen molar-refractivity contribution in [3.05, 3.63) is 150 Å². The predicted octanol–water partition coefficient (Wildman–Crippen LogP) is 8.37. The highest BCUT2D eigenvalue weighted by Crippen LogP contribution is 2.27. The molecule has 0 atom stereocenters. The Kier molecular flexibility index (Phi) is 9.39. The van der Waals surface area contributed by atoms with E-state index < -0.39 is 0 Å². The maximum absolute atomic E-state index is 7.82. The summed E-state index contributed by atoms with van der Waals surface area (Å²) in [7, 11) is 4.11. The fraction of sp³-hybridized carbons (Fsp3) is 0.121. The summed E-state index contributed by atoms with van der Waals surface area (Å²) in [6, 6.07) is 29.5. The van der Waals surface area contributed by atoms with E-state index in [0.717, 1.165) is 16.7 Å². The molecular formula is C33H34N2. The molecule has 0 bridgehead atoms. The largest absolute Gasteiger partial charge is 0.378 e. The maximum atomic E-state index is 7.82. The molecule has 0 fully saturated rings. The molecule has 0 aliphatic heterocycles. The third-order valence-electron chi connectivity index (χ3n) is 5.59. The van der Waals surface area contributed by atoms with Gasteiger partial charge in [-0.25, -0.2) is 0 Å². The van der Waals surface area contributed by atoms with Gasteiger partial charge in [0, 0.05) is 19.8 Å². The lowest BCUT2D eigenvalue weighted by Crippen LogP contribution is -2.08. The van der Waals surface area contributed by atoms with E-state index in [0.29, 0.717) is 5.71 Å². The molecular weight excluding hydrogens is 424 g/mol. The van der Waals surface area contributed by atoms with Crippen LogP contribution in [-0.2, 0) is 0 Å². The average molecular weight is 459 g/mol. The van der Waals surface area contributed by atoms with Gasteiger partial charge in [0.25, 0.3) is 0 Å². The van der Waals surface area contributed by atoms with Crippen molar-refractivity contribution < 1.29 is 0 Å². The second kappa shape index (κ2) is 12.9. The first-order valence-electron chi connectivity index (χ1n) is 12.1. The molecule has 4 rings (SSSR count). The molecule has 3 aromatic rings. The zero-order valence-corrected chi connectivity index (χ0v) is 21.1. The van der Waals surface area contributed by atoms with E-state index in [1.807, 2.05) is 50.3 Å². The van der Waals surface area contributed by atoms with Gasteiger partial charge in [-0.05, 0) is 57.7 Å². The Bertz CT molecular complexity index is 1240. The number of rotatable bonds is 6. The number of allylic oxidation sites excluding steroid dienone is 9. The molecule has 0 heterocycles. The van der Waals surface area contributed by atoms with Crippen molar-refractivity contribution in [2.45, 2.75) is 13.8 Å². The van der Waals surface area contributed by atoms with Crippen molar-refractivity contribution in [1.82, 2.24) is 0 Å². The second-order valence-electron chi connectivity index (χ2n) is 8.10. The van der Waals surface area contributed by atoms with Gasteiger partial charge in [-0.2, -0.15) is 0 Å². The summed E-state index contributed by atoms with van der Waals surface area (Å²) < 4.78 is 0. The van der Waals surface area contributed by atoms with Crippen LogP contribution in [0, 0.1) is 5.41 Å². The van der Waals surface area contributed by atoms with E-state index in [-0.39, 0.29) is 0 Å². The summed E-state index contributed by atoms with van der Waals surface area (Å²) in [4.78, 5) is 2.11. The van der Waals surface area contributed by atoms with E-state index in [2.05, 4.69) is 110 Å². The topological polar surface area (TPSA) is 27.1 Å². The minimum Gasteiger partial charge on any atom is -0.378 e. The molecule has 2 nitrogen and oxygen atoms in total. The van der Waals surface area contributed by atoms with Crippen LogP contribution < -0.4 is 4.90 Å². The summed E-state index contributed by atoms with van der Waals surface area (Å²) in [5.74, 6) is 0. The van der Waals surface area contributed by atoms with Gasteiger partial charge in [0.2, 0.25) is 0 Å². The van der Waals surface area contributed by atoms with Crippen LogP contribution in [0.5, 0.6) is 0 Å². The summed E-state index contributed by atoms with van der Waals surface area (Å²) >= 11 is 0. The van der Waals surface area contributed by atoms with Crippen LogP contribution in [0.1, 0.15) is 30.5 Å². The maximum Gasteiger partial charge on any atom is 0.0540 e. The van der Waals surface area contributed by atoms with Gasteiger partial charge in [-0.1, -0.05) is 117 Å². The monoisotopic (exact) mass is 458 g/mol. The minimum absolute atomic E-state index is 0.516. The lowest BCUT2D eigenvalue weighted by molar-refractivity contribution is 1.13. The van der Waals surface area contributed by atoms with Gasteiger partial charge in [-0.3, -0.25) is 0 Å². The van der Waals surface area contributed by atoms with Gasteiger partial charge in [0.15, 0.2) is 0 Å². The van der Waals surface area contributed by atoms with Gasteiger partial charge >= 0.3 is 0 Å². The lowest BCUT2D eigenvalue weighted by atomic mass is 9.94. The quantitative estimate of drug-likeness (QED) is 0.369. The first-order valence-corrected chi connectivity index (χ1v) is 12.1. The number of nitrogens with one attached hydrogen (secondary N) is 1. The van der Waals surface area contributed by atoms with Crippen LogP contribution in [-0.4, -0.2) is 19.8 Å². The first kappa shape index (κ1) is 25.5. The highest BCUT2D eigenvalue weighted by Gasteiger charge is 2.07. The molecule has 176 valence electrons. The van der Waals surface area contributed by atoms with Crippen LogP contribution in [0.4, 0.5) is 5.69 Å². The van der Waals surface area contributed by atoms with Crippen molar-refractivity contribution in [2.24, 2.45) is 0 Å². The second-order valence-corrected chi connectivity index (χ2v) is 8.10. The Morgan fingerprint density at radius 2 is 1.17 bits per heavy atom. The summed E-state index contributed by atoms with van der Waals surface area (Å²) in [6.45, 7) is 4.00. The Hall–Kier alpha value is -4.17. The molecule has 1 aliphatic rings. The standard InChI is InChI=1S/C31H28N2.C2H6/c1-33(2)29-22-18-27(19-23-29)31(25-12-7-4-8-13-25)15-9-14-30(24-10-5-3-6-11-24)26-16-20-28(32)21-17-26;1-2/h3-23,32H,1-2H3;1-2H3. The molecule has 35 heavy (non-hydrogen) atoms. The first-order chi connectivity index (χ1) is 17.1. The number of hydrogen-bond acceptors (Lipinski definition) is 2. The van der Waals surface area contributed by atoms with Crippen LogP contribution in [0.2, 0.25) is 0 Å². The zero-order valence-electron chi connectivity index (χ0n) is 21.1. The van der Waals surface area contributed by atoms with Gasteiger partial charge in [-0.15, -0.1) is 0 Å². The van der Waals surface area contributed by atoms with Crippen molar-refractivity contribution in [3.8, 4) is 0 Å². The van der Waals surface area contributed by atoms with Crippen molar-refractivity contribution in [3.63, 3.8) is 0 Å². The fourth-order valence-electron chi connectivity index (χ4n) is 3.78. The summed E-state index contributed by atoms with van der Waals surface area (Å²) in [5, 5.41) is 7.82. The Morgan fingerprint density at radius 3 is 1.71 bits per heavy atom. The third kappa shape index (κ3) is 6.91. The fourth-order valence-corrected chi connectivity index (χ4v) is 3.78. The predicted molar refractivity (Wildman–Crippen MR) is 154 cm³/mol. The molecule has 0 unspecified atom stereocenters. The smallest absolute Gasteiger partial charge is 0.0540 e. The molecule has 2 heteroatoms. The number of nitrogens with zero attached hydrogens (tertiary/aromatic N) is 1. The van der Waals surface area contributed by atoms with E-state index in [1.54, 1.807) is 0 Å². The van der Waals surface area contributed by atoms with Crippen molar-refractivity contribution in [2.75, 3.05) is 19.0 Å². The van der Waals surface area contributed by atoms with E-state index in [1.165, 1.54) is 22.4 Å². The summed E-state index contributed by atoms with van der Waals surface area (Å²) in [6.07, 6.45) is 14.2. The van der Waals surface area contributed by atoms with Gasteiger partial charge in [0.1, 0.15) is 0 Å². The lowest BCUT2D eigenvalue weighted by Gasteiger charge is -2.14. The van der Waals surface area contributed by atoms with E-state index >= 15 is 0 Å².